The molecule has 0 atom stereocenters. The highest BCUT2D eigenvalue weighted by Gasteiger charge is 2.12. The van der Waals surface area contributed by atoms with Crippen molar-refractivity contribution in [2.24, 2.45) is 0 Å². The van der Waals surface area contributed by atoms with Gasteiger partial charge in [0.25, 0.3) is 5.69 Å². The number of aryl methyl sites for hydroxylation is 1. The van der Waals surface area contributed by atoms with E-state index in [0.29, 0.717) is 5.69 Å². The van der Waals surface area contributed by atoms with Crippen LogP contribution in [0.15, 0.2) is 27.9 Å². The predicted octanol–water partition coefficient (Wildman–Crippen LogP) is 3.74. The maximum atomic E-state index is 11.8. The SMILES string of the molecule is Cc1csc(SCC(=O)Nc2ccc([N+](=O)[O-])cc2Cl)n1. The Balaban J connectivity index is 1.94. The van der Waals surface area contributed by atoms with E-state index in [1.54, 1.807) is 0 Å². The van der Waals surface area contributed by atoms with Gasteiger partial charge in [-0.15, -0.1) is 11.3 Å². The van der Waals surface area contributed by atoms with Crippen molar-refractivity contribution >= 4 is 52.0 Å². The molecule has 9 heteroatoms. The van der Waals surface area contributed by atoms with Crippen LogP contribution in [0, 0.1) is 17.0 Å². The fraction of sp³-hybridized carbons (Fsp3) is 0.167. The summed E-state index contributed by atoms with van der Waals surface area (Å²) >= 11 is 8.71. The van der Waals surface area contributed by atoms with Gasteiger partial charge in [-0.3, -0.25) is 14.9 Å². The van der Waals surface area contributed by atoms with Crippen LogP contribution in [-0.2, 0) is 4.79 Å². The molecule has 6 nitrogen and oxygen atoms in total. The number of amides is 1. The molecule has 0 saturated carbocycles. The van der Waals surface area contributed by atoms with Gasteiger partial charge in [0, 0.05) is 23.2 Å². The standard InChI is InChI=1S/C12H10ClN3O3S2/c1-7-5-20-12(14-7)21-6-11(17)15-10-3-2-8(16(18)19)4-9(10)13/h2-5H,6H2,1H3,(H,15,17). The second kappa shape index (κ2) is 6.88. The molecule has 0 spiro atoms. The molecule has 0 aliphatic heterocycles. The van der Waals surface area contributed by atoms with Crippen molar-refractivity contribution < 1.29 is 9.72 Å². The van der Waals surface area contributed by atoms with Crippen molar-refractivity contribution in [2.75, 3.05) is 11.1 Å². The van der Waals surface area contributed by atoms with E-state index in [1.165, 1.54) is 41.3 Å². The van der Waals surface area contributed by atoms with Crippen molar-refractivity contribution in [2.45, 2.75) is 11.3 Å². The molecule has 0 bridgehead atoms. The molecule has 0 fully saturated rings. The fourth-order valence-corrected chi connectivity index (χ4v) is 3.30. The molecular formula is C12H10ClN3O3S2. The second-order valence-electron chi connectivity index (χ2n) is 4.01. The van der Waals surface area contributed by atoms with Crippen LogP contribution in [0.25, 0.3) is 0 Å². The lowest BCUT2D eigenvalue weighted by molar-refractivity contribution is -0.384. The zero-order valence-electron chi connectivity index (χ0n) is 10.8. The van der Waals surface area contributed by atoms with Gasteiger partial charge in [0.05, 0.1) is 21.4 Å². The van der Waals surface area contributed by atoms with E-state index >= 15 is 0 Å². The monoisotopic (exact) mass is 343 g/mol. The number of thioether (sulfide) groups is 1. The summed E-state index contributed by atoms with van der Waals surface area (Å²) in [5.74, 6) is -0.0519. The first kappa shape index (κ1) is 15.7. The number of nitro benzene ring substituents is 1. The number of anilines is 1. The third-order valence-corrected chi connectivity index (χ3v) is 4.81. The lowest BCUT2D eigenvalue weighted by atomic mass is 10.3. The summed E-state index contributed by atoms with van der Waals surface area (Å²) in [4.78, 5) is 26.1. The Morgan fingerprint density at radius 2 is 2.33 bits per heavy atom. The molecule has 1 aromatic carbocycles. The Hall–Kier alpha value is -1.64. The van der Waals surface area contributed by atoms with E-state index in [2.05, 4.69) is 10.3 Å². The van der Waals surface area contributed by atoms with Crippen LogP contribution in [-0.4, -0.2) is 21.6 Å². The first-order chi connectivity index (χ1) is 9.95. The average molecular weight is 344 g/mol. The quantitative estimate of drug-likeness (QED) is 0.507. The second-order valence-corrected chi connectivity index (χ2v) is 6.50. The Kier molecular flexibility index (Phi) is 5.16. The number of nitrogens with one attached hydrogen (secondary N) is 1. The van der Waals surface area contributed by atoms with Gasteiger partial charge >= 0.3 is 0 Å². The minimum Gasteiger partial charge on any atom is -0.324 e. The number of non-ortho nitro benzene ring substituents is 1. The highest BCUT2D eigenvalue weighted by Crippen LogP contribution is 2.27. The van der Waals surface area contributed by atoms with Crippen LogP contribution in [0.5, 0.6) is 0 Å². The van der Waals surface area contributed by atoms with Crippen molar-refractivity contribution in [3.8, 4) is 0 Å². The normalized spacial score (nSPS) is 10.4. The predicted molar refractivity (Wildman–Crippen MR) is 84.3 cm³/mol. The third-order valence-electron chi connectivity index (χ3n) is 2.36. The Morgan fingerprint density at radius 3 is 2.90 bits per heavy atom. The molecule has 1 heterocycles. The van der Waals surface area contributed by atoms with Gasteiger partial charge in [-0.1, -0.05) is 23.4 Å². The van der Waals surface area contributed by atoms with Gasteiger partial charge in [0.1, 0.15) is 0 Å². The molecule has 110 valence electrons. The van der Waals surface area contributed by atoms with Gasteiger partial charge in [-0.25, -0.2) is 4.98 Å². The zero-order chi connectivity index (χ0) is 15.4. The van der Waals surface area contributed by atoms with E-state index in [4.69, 9.17) is 11.6 Å². The fourth-order valence-electron chi connectivity index (χ4n) is 1.43. The van der Waals surface area contributed by atoms with Crippen LogP contribution in [0.3, 0.4) is 0 Å². The molecule has 1 N–H and O–H groups in total. The number of benzene rings is 1. The largest absolute Gasteiger partial charge is 0.324 e. The summed E-state index contributed by atoms with van der Waals surface area (Å²) in [7, 11) is 0. The summed E-state index contributed by atoms with van der Waals surface area (Å²) in [5, 5.41) is 15.3. The molecule has 2 rings (SSSR count). The average Bonchev–Trinajstić information content (AvgIpc) is 2.84. The Bertz CT molecular complexity index is 690. The van der Waals surface area contributed by atoms with E-state index in [1.807, 2.05) is 12.3 Å². The van der Waals surface area contributed by atoms with Gasteiger partial charge in [0.2, 0.25) is 5.91 Å². The number of hydrogen-bond donors (Lipinski definition) is 1. The van der Waals surface area contributed by atoms with Crippen molar-refractivity contribution in [1.82, 2.24) is 4.98 Å². The molecule has 2 aromatic rings. The summed E-state index contributed by atoms with van der Waals surface area (Å²) < 4.78 is 0.817. The number of halogens is 1. The highest BCUT2D eigenvalue weighted by molar-refractivity contribution is 8.01. The molecule has 0 aliphatic rings. The van der Waals surface area contributed by atoms with Crippen molar-refractivity contribution in [1.29, 1.82) is 0 Å². The zero-order valence-corrected chi connectivity index (χ0v) is 13.2. The van der Waals surface area contributed by atoms with Crippen LogP contribution >= 0.6 is 34.7 Å². The first-order valence-electron chi connectivity index (χ1n) is 5.74. The maximum absolute atomic E-state index is 11.8. The third kappa shape index (κ3) is 4.42. The van der Waals surface area contributed by atoms with Crippen LogP contribution < -0.4 is 5.32 Å². The number of carbonyl (C=O) groups is 1. The number of aromatic nitrogens is 1. The minimum atomic E-state index is -0.544. The Morgan fingerprint density at radius 1 is 1.57 bits per heavy atom. The molecule has 0 unspecified atom stereocenters. The van der Waals surface area contributed by atoms with E-state index in [9.17, 15) is 14.9 Å². The van der Waals surface area contributed by atoms with Crippen molar-refractivity contribution in [3.05, 3.63) is 44.4 Å². The molecule has 0 aliphatic carbocycles. The van der Waals surface area contributed by atoms with Gasteiger partial charge in [-0.2, -0.15) is 0 Å². The van der Waals surface area contributed by atoms with Crippen LogP contribution in [0.2, 0.25) is 5.02 Å². The molecule has 1 aromatic heterocycles. The first-order valence-corrected chi connectivity index (χ1v) is 7.99. The van der Waals surface area contributed by atoms with Gasteiger partial charge in [-0.05, 0) is 13.0 Å². The van der Waals surface area contributed by atoms with Gasteiger partial charge in [0.15, 0.2) is 4.34 Å². The summed E-state index contributed by atoms with van der Waals surface area (Å²) in [6.45, 7) is 1.89. The summed E-state index contributed by atoms with van der Waals surface area (Å²) in [5.41, 5.74) is 1.15. The molecule has 0 radical (unpaired) electrons. The van der Waals surface area contributed by atoms with Gasteiger partial charge < -0.3 is 5.32 Å². The lowest BCUT2D eigenvalue weighted by Gasteiger charge is -2.06. The minimum absolute atomic E-state index is 0.120. The number of hydrogen-bond acceptors (Lipinski definition) is 6. The number of rotatable bonds is 5. The number of nitro groups is 1. The maximum Gasteiger partial charge on any atom is 0.271 e. The van der Waals surface area contributed by atoms with E-state index < -0.39 is 4.92 Å². The number of nitrogens with zero attached hydrogens (tertiary/aromatic N) is 2. The number of thiazole rings is 1. The summed E-state index contributed by atoms with van der Waals surface area (Å²) in [6, 6.07) is 3.91. The Labute approximate surface area is 133 Å². The van der Waals surface area contributed by atoms with Crippen LogP contribution in [0.1, 0.15) is 5.69 Å². The topological polar surface area (TPSA) is 85.1 Å². The molecule has 0 saturated heterocycles. The van der Waals surface area contributed by atoms with E-state index in [0.717, 1.165) is 10.0 Å². The molecule has 1 amide bonds. The smallest absolute Gasteiger partial charge is 0.271 e. The number of carbonyl (C=O) groups excluding carboxylic acids is 1. The lowest BCUT2D eigenvalue weighted by Crippen LogP contribution is -2.14. The molecule has 21 heavy (non-hydrogen) atoms. The van der Waals surface area contributed by atoms with E-state index in [-0.39, 0.29) is 22.4 Å². The highest BCUT2D eigenvalue weighted by atomic mass is 35.5. The van der Waals surface area contributed by atoms with Crippen molar-refractivity contribution in [3.63, 3.8) is 0 Å². The summed E-state index contributed by atoms with van der Waals surface area (Å²) in [6.07, 6.45) is 0. The van der Waals surface area contributed by atoms with Crippen LogP contribution in [0.4, 0.5) is 11.4 Å². The molecular weight excluding hydrogens is 334 g/mol.